The first-order valence-electron chi connectivity index (χ1n) is 9.52. The fraction of sp³-hybridized carbons (Fsp3) is 1.00. The summed E-state index contributed by atoms with van der Waals surface area (Å²) in [7, 11) is 0. The van der Waals surface area contributed by atoms with E-state index in [1.54, 1.807) is 0 Å². The summed E-state index contributed by atoms with van der Waals surface area (Å²) in [4.78, 5) is 2.54. The fourth-order valence-corrected chi connectivity index (χ4v) is 3.38. The van der Waals surface area contributed by atoms with Gasteiger partial charge in [0.2, 0.25) is 0 Å². The second-order valence-corrected chi connectivity index (χ2v) is 7.02. The van der Waals surface area contributed by atoms with Crippen LogP contribution in [0.1, 0.15) is 85.5 Å². The number of hydrogen-bond acceptors (Lipinski definition) is 2. The summed E-state index contributed by atoms with van der Waals surface area (Å²) in [6.07, 6.45) is 12.5. The second-order valence-electron chi connectivity index (χ2n) is 7.02. The topological polar surface area (TPSA) is 15.8 Å². The van der Waals surface area contributed by atoms with Crippen LogP contribution in [-0.4, -0.2) is 36.7 Å². The lowest BCUT2D eigenvalue weighted by atomic mass is 9.85. The fourth-order valence-electron chi connectivity index (χ4n) is 3.38. The number of nitrogens with zero attached hydrogens (tertiary/aromatic N) is 1. The van der Waals surface area contributed by atoms with Crippen LogP contribution in [0, 0.1) is 5.92 Å². The highest BCUT2D eigenvalue weighted by atomic mass is 16.6. The minimum absolute atomic E-state index is 0.229. The molecule has 2 unspecified atom stereocenters. The van der Waals surface area contributed by atoms with Crippen LogP contribution in [0.15, 0.2) is 0 Å². The number of unbranched alkanes of at least 4 members (excludes halogenated alkanes) is 5. The molecule has 1 aliphatic rings. The zero-order valence-corrected chi connectivity index (χ0v) is 15.1. The van der Waals surface area contributed by atoms with Gasteiger partial charge in [-0.1, -0.05) is 59.3 Å². The maximum absolute atomic E-state index is 5.75. The van der Waals surface area contributed by atoms with Gasteiger partial charge in [-0.2, -0.15) is 0 Å². The van der Waals surface area contributed by atoms with Crippen LogP contribution in [0.5, 0.6) is 0 Å². The summed E-state index contributed by atoms with van der Waals surface area (Å²) in [5, 5.41) is 0. The second kappa shape index (κ2) is 10.6. The van der Waals surface area contributed by atoms with Crippen LogP contribution < -0.4 is 0 Å². The van der Waals surface area contributed by atoms with E-state index >= 15 is 0 Å². The van der Waals surface area contributed by atoms with E-state index in [-0.39, 0.29) is 5.60 Å². The Morgan fingerprint density at radius 3 is 2.05 bits per heavy atom. The van der Waals surface area contributed by atoms with E-state index < -0.39 is 0 Å². The number of rotatable bonds is 14. The average Bonchev–Trinajstić information content (AvgIpc) is 3.23. The molecule has 1 aliphatic heterocycles. The van der Waals surface area contributed by atoms with Crippen LogP contribution in [0.2, 0.25) is 0 Å². The van der Waals surface area contributed by atoms with Crippen molar-refractivity contribution in [2.45, 2.75) is 91.1 Å². The molecule has 0 aliphatic carbocycles. The van der Waals surface area contributed by atoms with Gasteiger partial charge < -0.3 is 9.64 Å². The van der Waals surface area contributed by atoms with Gasteiger partial charge in [0.1, 0.15) is 0 Å². The maximum Gasteiger partial charge on any atom is 0.0916 e. The first-order valence-corrected chi connectivity index (χ1v) is 9.52. The highest BCUT2D eigenvalue weighted by molar-refractivity contribution is 4.93. The Labute approximate surface area is 133 Å². The Hall–Kier alpha value is -0.0800. The van der Waals surface area contributed by atoms with Crippen LogP contribution in [0.4, 0.5) is 0 Å². The van der Waals surface area contributed by atoms with E-state index in [4.69, 9.17) is 4.74 Å². The molecule has 0 amide bonds. The third kappa shape index (κ3) is 7.65. The lowest BCUT2D eigenvalue weighted by molar-refractivity contribution is 0.197. The summed E-state index contributed by atoms with van der Waals surface area (Å²) < 4.78 is 5.75. The van der Waals surface area contributed by atoms with Crippen molar-refractivity contribution in [3.05, 3.63) is 0 Å². The van der Waals surface area contributed by atoms with E-state index in [0.717, 1.165) is 12.5 Å². The van der Waals surface area contributed by atoms with Gasteiger partial charge in [0, 0.05) is 0 Å². The van der Waals surface area contributed by atoms with E-state index in [1.807, 2.05) is 0 Å². The zero-order valence-electron chi connectivity index (χ0n) is 15.1. The lowest BCUT2D eigenvalue weighted by Gasteiger charge is -2.23. The normalized spacial score (nSPS) is 22.7. The van der Waals surface area contributed by atoms with Gasteiger partial charge in [0.05, 0.1) is 12.2 Å². The van der Waals surface area contributed by atoms with Gasteiger partial charge in [-0.05, 0) is 51.7 Å². The van der Waals surface area contributed by atoms with Gasteiger partial charge >= 0.3 is 0 Å². The van der Waals surface area contributed by atoms with E-state index in [0.29, 0.717) is 0 Å². The van der Waals surface area contributed by atoms with Crippen LogP contribution in [0.3, 0.4) is 0 Å². The van der Waals surface area contributed by atoms with Crippen molar-refractivity contribution in [2.24, 2.45) is 5.92 Å². The van der Waals surface area contributed by atoms with Crippen molar-refractivity contribution in [2.75, 3.05) is 26.2 Å². The molecule has 126 valence electrons. The van der Waals surface area contributed by atoms with E-state index in [9.17, 15) is 0 Å². The third-order valence-corrected chi connectivity index (χ3v) is 5.29. The van der Waals surface area contributed by atoms with E-state index in [2.05, 4.69) is 32.6 Å². The minimum Gasteiger partial charge on any atom is -0.370 e. The molecule has 1 saturated heterocycles. The predicted octanol–water partition coefficient (Wildman–Crippen LogP) is 5.26. The molecule has 0 aromatic heterocycles. The van der Waals surface area contributed by atoms with Crippen molar-refractivity contribution < 1.29 is 4.74 Å². The lowest BCUT2D eigenvalue weighted by Crippen LogP contribution is -2.26. The summed E-state index contributed by atoms with van der Waals surface area (Å²) in [6.45, 7) is 13.8. The highest BCUT2D eigenvalue weighted by Crippen LogP contribution is 2.40. The van der Waals surface area contributed by atoms with Crippen LogP contribution in [0.25, 0.3) is 0 Å². The SMILES string of the molecule is CCCCCCCCC(CCCN(CC)CC)C1(C)CO1. The quantitative estimate of drug-likeness (QED) is 0.321. The van der Waals surface area contributed by atoms with Crippen molar-refractivity contribution in [1.82, 2.24) is 4.90 Å². The molecule has 0 saturated carbocycles. The first-order chi connectivity index (χ1) is 10.2. The van der Waals surface area contributed by atoms with Crippen molar-refractivity contribution >= 4 is 0 Å². The molecule has 2 heteroatoms. The molecule has 0 N–H and O–H groups in total. The monoisotopic (exact) mass is 297 g/mol. The molecule has 0 bridgehead atoms. The smallest absolute Gasteiger partial charge is 0.0916 e. The number of ether oxygens (including phenoxy) is 1. The van der Waals surface area contributed by atoms with Crippen molar-refractivity contribution in [3.8, 4) is 0 Å². The molecule has 2 atom stereocenters. The van der Waals surface area contributed by atoms with Gasteiger partial charge in [0.15, 0.2) is 0 Å². The molecular formula is C19H39NO. The molecule has 1 fully saturated rings. The molecule has 0 spiro atoms. The van der Waals surface area contributed by atoms with Crippen LogP contribution in [-0.2, 0) is 4.74 Å². The third-order valence-electron chi connectivity index (χ3n) is 5.29. The molecule has 1 rings (SSSR count). The number of epoxide rings is 1. The largest absolute Gasteiger partial charge is 0.370 e. The van der Waals surface area contributed by atoms with Crippen LogP contribution >= 0.6 is 0 Å². The average molecular weight is 298 g/mol. The van der Waals surface area contributed by atoms with Gasteiger partial charge in [-0.3, -0.25) is 0 Å². The number of hydrogen-bond donors (Lipinski definition) is 0. The summed E-state index contributed by atoms with van der Waals surface area (Å²) in [5.41, 5.74) is 0.229. The Morgan fingerprint density at radius 2 is 1.48 bits per heavy atom. The maximum atomic E-state index is 5.75. The Kier molecular flexibility index (Phi) is 9.59. The Bertz CT molecular complexity index is 246. The molecule has 1 heterocycles. The highest BCUT2D eigenvalue weighted by Gasteiger charge is 2.45. The minimum atomic E-state index is 0.229. The summed E-state index contributed by atoms with van der Waals surface area (Å²) in [6, 6.07) is 0. The summed E-state index contributed by atoms with van der Waals surface area (Å²) in [5.74, 6) is 0.791. The molecule has 0 aromatic carbocycles. The first kappa shape index (κ1) is 19.0. The zero-order chi connectivity index (χ0) is 15.6. The Balaban J connectivity index is 2.17. The summed E-state index contributed by atoms with van der Waals surface area (Å²) >= 11 is 0. The standard InChI is InChI=1S/C19H39NO/c1-5-8-9-10-11-12-14-18(19(4)17-21-19)15-13-16-20(6-2)7-3/h18H,5-17H2,1-4H3. The van der Waals surface area contributed by atoms with Gasteiger partial charge in [-0.15, -0.1) is 0 Å². The van der Waals surface area contributed by atoms with Gasteiger partial charge in [0.25, 0.3) is 0 Å². The molecule has 0 aromatic rings. The van der Waals surface area contributed by atoms with Gasteiger partial charge in [-0.25, -0.2) is 0 Å². The molecule has 0 radical (unpaired) electrons. The predicted molar refractivity (Wildman–Crippen MR) is 92.9 cm³/mol. The van der Waals surface area contributed by atoms with Crippen molar-refractivity contribution in [3.63, 3.8) is 0 Å². The Morgan fingerprint density at radius 1 is 0.905 bits per heavy atom. The molecule has 21 heavy (non-hydrogen) atoms. The van der Waals surface area contributed by atoms with Crippen molar-refractivity contribution in [1.29, 1.82) is 0 Å². The molecule has 2 nitrogen and oxygen atoms in total. The molecular weight excluding hydrogens is 258 g/mol. The van der Waals surface area contributed by atoms with E-state index in [1.165, 1.54) is 77.4 Å².